The Morgan fingerprint density at radius 2 is 1.46 bits per heavy atom. The highest BCUT2D eigenvalue weighted by Gasteiger charge is 2.08. The zero-order chi connectivity index (χ0) is 19.2. The molecule has 0 aliphatic carbocycles. The lowest BCUT2D eigenvalue weighted by atomic mass is 10.1. The topological polar surface area (TPSA) is 52.6 Å². The van der Waals surface area contributed by atoms with Crippen LogP contribution in [0.4, 0.5) is 0 Å². The van der Waals surface area contributed by atoms with E-state index in [4.69, 9.17) is 32.7 Å². The number of rotatable bonds is 13. The van der Waals surface area contributed by atoms with E-state index in [0.29, 0.717) is 35.1 Å². The quantitative estimate of drug-likeness (QED) is 0.295. The molecule has 4 nitrogen and oxygen atoms in total. The Bertz CT molecular complexity index is 561. The van der Waals surface area contributed by atoms with Crippen LogP contribution in [0.5, 0.6) is 0 Å². The molecule has 0 radical (unpaired) electrons. The summed E-state index contributed by atoms with van der Waals surface area (Å²) < 4.78 is 10.3. The summed E-state index contributed by atoms with van der Waals surface area (Å²) in [5, 5.41) is 0.888. The van der Waals surface area contributed by atoms with Crippen molar-refractivity contribution in [3.8, 4) is 0 Å². The van der Waals surface area contributed by atoms with Gasteiger partial charge >= 0.3 is 11.9 Å². The summed E-state index contributed by atoms with van der Waals surface area (Å²) in [6.07, 6.45) is 7.55. The van der Waals surface area contributed by atoms with Gasteiger partial charge in [-0.25, -0.2) is 0 Å². The van der Waals surface area contributed by atoms with Crippen LogP contribution in [0, 0.1) is 0 Å². The van der Waals surface area contributed by atoms with Gasteiger partial charge in [-0.05, 0) is 25.3 Å². The largest absolute Gasteiger partial charge is 0.466 e. The molecule has 1 rings (SSSR count). The van der Waals surface area contributed by atoms with E-state index in [0.717, 1.165) is 44.9 Å². The summed E-state index contributed by atoms with van der Waals surface area (Å²) in [4.78, 5) is 23.1. The molecule has 146 valence electrons. The van der Waals surface area contributed by atoms with Crippen molar-refractivity contribution in [1.29, 1.82) is 0 Å². The van der Waals surface area contributed by atoms with Gasteiger partial charge < -0.3 is 9.47 Å². The molecule has 26 heavy (non-hydrogen) atoms. The number of halogens is 2. The fourth-order valence-electron chi connectivity index (χ4n) is 2.42. The molecule has 0 N–H and O–H groups in total. The summed E-state index contributed by atoms with van der Waals surface area (Å²) in [5.41, 5.74) is 0.713. The second-order valence-electron chi connectivity index (χ2n) is 6.22. The predicted octanol–water partition coefficient (Wildman–Crippen LogP) is 6.11. The summed E-state index contributed by atoms with van der Waals surface area (Å²) in [7, 11) is 0. The van der Waals surface area contributed by atoms with E-state index < -0.39 is 0 Å². The number of carbonyl (C=O) groups excluding carboxylic acids is 2. The summed E-state index contributed by atoms with van der Waals surface area (Å²) >= 11 is 12.0. The lowest BCUT2D eigenvalue weighted by Gasteiger charge is -2.07. The third-order valence-corrected chi connectivity index (χ3v) is 4.76. The zero-order valence-corrected chi connectivity index (χ0v) is 16.9. The first-order valence-electron chi connectivity index (χ1n) is 9.28. The van der Waals surface area contributed by atoms with Crippen LogP contribution in [0.2, 0.25) is 10.0 Å². The number of benzene rings is 1. The standard InChI is InChI=1S/C20H28Cl2O4/c1-2-14-25-18(23)12-7-5-3-4-6-8-13-19(24)26-15-16-10-9-11-17(21)20(16)22/h9-11H,2-8,12-15H2,1H3. The first kappa shape index (κ1) is 22.8. The molecule has 0 amide bonds. The molecule has 0 fully saturated rings. The summed E-state index contributed by atoms with van der Waals surface area (Å²) in [6, 6.07) is 5.27. The molecule has 0 bridgehead atoms. The Kier molecular flexibility index (Phi) is 12.2. The maximum atomic E-state index is 11.8. The number of esters is 2. The fourth-order valence-corrected chi connectivity index (χ4v) is 2.80. The molecular weight excluding hydrogens is 375 g/mol. The molecule has 1 aromatic rings. The van der Waals surface area contributed by atoms with Crippen molar-refractivity contribution in [2.75, 3.05) is 6.61 Å². The van der Waals surface area contributed by atoms with Crippen molar-refractivity contribution < 1.29 is 19.1 Å². The van der Waals surface area contributed by atoms with Crippen LogP contribution in [-0.4, -0.2) is 18.5 Å². The smallest absolute Gasteiger partial charge is 0.306 e. The highest BCUT2D eigenvalue weighted by molar-refractivity contribution is 6.42. The van der Waals surface area contributed by atoms with Gasteiger partial charge in [-0.3, -0.25) is 9.59 Å². The molecule has 0 aromatic heterocycles. The van der Waals surface area contributed by atoms with Crippen LogP contribution in [0.3, 0.4) is 0 Å². The molecular formula is C20H28Cl2O4. The first-order valence-corrected chi connectivity index (χ1v) is 10.0. The van der Waals surface area contributed by atoms with E-state index in [2.05, 4.69) is 0 Å². The van der Waals surface area contributed by atoms with E-state index in [9.17, 15) is 9.59 Å². The number of unbranched alkanes of at least 4 members (excludes halogenated alkanes) is 5. The molecule has 0 spiro atoms. The molecule has 0 heterocycles. The Morgan fingerprint density at radius 1 is 0.885 bits per heavy atom. The lowest BCUT2D eigenvalue weighted by molar-refractivity contribution is -0.145. The third-order valence-electron chi connectivity index (χ3n) is 3.90. The third kappa shape index (κ3) is 10.0. The molecule has 6 heteroatoms. The van der Waals surface area contributed by atoms with Crippen LogP contribution in [0.25, 0.3) is 0 Å². The molecule has 0 aliphatic rings. The van der Waals surface area contributed by atoms with Crippen molar-refractivity contribution in [3.63, 3.8) is 0 Å². The molecule has 0 saturated carbocycles. The number of hydrogen-bond acceptors (Lipinski definition) is 4. The van der Waals surface area contributed by atoms with E-state index in [1.807, 2.05) is 6.92 Å². The van der Waals surface area contributed by atoms with Gasteiger partial charge in [0.2, 0.25) is 0 Å². The second-order valence-corrected chi connectivity index (χ2v) is 7.00. The van der Waals surface area contributed by atoms with E-state index in [-0.39, 0.29) is 18.5 Å². The molecule has 0 atom stereocenters. The highest BCUT2D eigenvalue weighted by atomic mass is 35.5. The summed E-state index contributed by atoms with van der Waals surface area (Å²) in [6.45, 7) is 2.64. The molecule has 0 unspecified atom stereocenters. The average molecular weight is 403 g/mol. The second kappa shape index (κ2) is 13.9. The minimum absolute atomic E-state index is 0.102. The summed E-state index contributed by atoms with van der Waals surface area (Å²) in [5.74, 6) is -0.325. The van der Waals surface area contributed by atoms with Crippen LogP contribution >= 0.6 is 23.2 Å². The molecule has 1 aromatic carbocycles. The fraction of sp³-hybridized carbons (Fsp3) is 0.600. The van der Waals surface area contributed by atoms with Gasteiger partial charge in [0, 0.05) is 18.4 Å². The lowest BCUT2D eigenvalue weighted by Crippen LogP contribution is -2.05. The normalized spacial score (nSPS) is 10.6. The predicted molar refractivity (Wildman–Crippen MR) is 104 cm³/mol. The average Bonchev–Trinajstić information content (AvgIpc) is 2.63. The van der Waals surface area contributed by atoms with Crippen molar-refractivity contribution >= 4 is 35.1 Å². The first-order chi connectivity index (χ1) is 12.5. The van der Waals surface area contributed by atoms with Crippen LogP contribution in [-0.2, 0) is 25.7 Å². The van der Waals surface area contributed by atoms with Crippen molar-refractivity contribution in [1.82, 2.24) is 0 Å². The number of carbonyl (C=O) groups is 2. The van der Waals surface area contributed by atoms with Gasteiger partial charge in [0.15, 0.2) is 0 Å². The van der Waals surface area contributed by atoms with Gasteiger partial charge in [0.25, 0.3) is 0 Å². The van der Waals surface area contributed by atoms with Crippen molar-refractivity contribution in [3.05, 3.63) is 33.8 Å². The van der Waals surface area contributed by atoms with Crippen LogP contribution in [0.1, 0.15) is 70.3 Å². The Hall–Kier alpha value is -1.26. The molecule has 0 saturated heterocycles. The number of hydrogen-bond donors (Lipinski definition) is 0. The monoisotopic (exact) mass is 402 g/mol. The number of ether oxygens (including phenoxy) is 2. The van der Waals surface area contributed by atoms with Gasteiger partial charge in [-0.2, -0.15) is 0 Å². The van der Waals surface area contributed by atoms with E-state index >= 15 is 0 Å². The Labute approximate surface area is 166 Å². The van der Waals surface area contributed by atoms with Gasteiger partial charge in [0.1, 0.15) is 6.61 Å². The minimum atomic E-state index is -0.222. The maximum absolute atomic E-state index is 11.8. The van der Waals surface area contributed by atoms with Crippen molar-refractivity contribution in [2.24, 2.45) is 0 Å². The van der Waals surface area contributed by atoms with Crippen LogP contribution < -0.4 is 0 Å². The molecule has 0 aliphatic heterocycles. The van der Waals surface area contributed by atoms with E-state index in [1.165, 1.54) is 0 Å². The Balaban J connectivity index is 2.00. The zero-order valence-electron chi connectivity index (χ0n) is 15.4. The van der Waals surface area contributed by atoms with Gasteiger partial charge in [0.05, 0.1) is 16.7 Å². The Morgan fingerprint density at radius 3 is 2.08 bits per heavy atom. The highest BCUT2D eigenvalue weighted by Crippen LogP contribution is 2.26. The van der Waals surface area contributed by atoms with Crippen molar-refractivity contribution in [2.45, 2.75) is 71.3 Å². The van der Waals surface area contributed by atoms with Gasteiger partial charge in [-0.15, -0.1) is 0 Å². The van der Waals surface area contributed by atoms with E-state index in [1.54, 1.807) is 18.2 Å². The maximum Gasteiger partial charge on any atom is 0.306 e. The van der Waals surface area contributed by atoms with Crippen LogP contribution in [0.15, 0.2) is 18.2 Å². The van der Waals surface area contributed by atoms with Gasteiger partial charge in [-0.1, -0.05) is 67.9 Å². The minimum Gasteiger partial charge on any atom is -0.466 e. The SMILES string of the molecule is CCCOC(=O)CCCCCCCCC(=O)OCc1cccc(Cl)c1Cl.